The van der Waals surface area contributed by atoms with Crippen LogP contribution in [0.1, 0.15) is 5.56 Å². The molecule has 0 aliphatic carbocycles. The zero-order valence-corrected chi connectivity index (χ0v) is 14.8. The fourth-order valence-corrected chi connectivity index (χ4v) is 2.83. The Kier molecular flexibility index (Phi) is 5.55. The number of halogens is 3. The van der Waals surface area contributed by atoms with Gasteiger partial charge in [-0.2, -0.15) is 13.2 Å². The first-order valence-electron chi connectivity index (χ1n) is 8.51. The van der Waals surface area contributed by atoms with E-state index < -0.39 is 17.8 Å². The summed E-state index contributed by atoms with van der Waals surface area (Å²) in [5.74, 6) is 0.307. The Labute approximate surface area is 155 Å². The third kappa shape index (κ3) is 5.13. The predicted octanol–water partition coefficient (Wildman–Crippen LogP) is 4.07. The van der Waals surface area contributed by atoms with E-state index in [1.54, 1.807) is 30.3 Å². The van der Waals surface area contributed by atoms with Crippen LogP contribution >= 0.6 is 0 Å². The van der Waals surface area contributed by atoms with Crippen molar-refractivity contribution in [2.45, 2.75) is 6.18 Å². The van der Waals surface area contributed by atoms with Gasteiger partial charge in [0.25, 0.3) is 0 Å². The number of hydrogen-bond acceptors (Lipinski definition) is 4. The minimum absolute atomic E-state index is 0.0414. The fraction of sp³-hybridized carbons (Fsp3) is 0.316. The summed E-state index contributed by atoms with van der Waals surface area (Å²) in [6.45, 7) is 2.75. The topological polar surface area (TPSA) is 44.8 Å². The lowest BCUT2D eigenvalue weighted by atomic mass is 10.1. The second-order valence-corrected chi connectivity index (χ2v) is 6.38. The van der Waals surface area contributed by atoms with E-state index in [4.69, 9.17) is 4.74 Å². The minimum atomic E-state index is -4.51. The summed E-state index contributed by atoms with van der Waals surface area (Å²) in [7, 11) is 1.97. The molecule has 1 aliphatic rings. The summed E-state index contributed by atoms with van der Waals surface area (Å²) in [5, 5.41) is 2.39. The summed E-state index contributed by atoms with van der Waals surface area (Å²) < 4.78 is 45.0. The van der Waals surface area contributed by atoms with Gasteiger partial charge in [-0.3, -0.25) is 5.32 Å². The lowest BCUT2D eigenvalue weighted by Gasteiger charge is -2.34. The van der Waals surface area contributed by atoms with Crippen LogP contribution in [-0.2, 0) is 6.18 Å². The van der Waals surface area contributed by atoms with Crippen LogP contribution in [0, 0.1) is 0 Å². The van der Waals surface area contributed by atoms with Crippen molar-refractivity contribution in [1.29, 1.82) is 0 Å². The standard InChI is InChI=1S/C19H20F3N3O2/c1-24-7-9-25(10-8-24)16-12-14(19(20,21)22)11-15(13-16)23-18(26)27-17-5-3-2-4-6-17/h2-6,11-13H,7-10H2,1H3,(H,23,26). The summed E-state index contributed by atoms with van der Waals surface area (Å²) >= 11 is 0. The monoisotopic (exact) mass is 379 g/mol. The first kappa shape index (κ1) is 19.0. The number of benzene rings is 2. The number of piperazine rings is 1. The molecule has 0 unspecified atom stereocenters. The quantitative estimate of drug-likeness (QED) is 0.873. The Morgan fingerprint density at radius 2 is 1.70 bits per heavy atom. The average molecular weight is 379 g/mol. The molecule has 1 N–H and O–H groups in total. The molecule has 0 bridgehead atoms. The van der Waals surface area contributed by atoms with Gasteiger partial charge in [0.2, 0.25) is 0 Å². The van der Waals surface area contributed by atoms with Gasteiger partial charge in [-0.05, 0) is 37.4 Å². The molecular formula is C19H20F3N3O2. The molecule has 0 spiro atoms. The van der Waals surface area contributed by atoms with Gasteiger partial charge in [-0.1, -0.05) is 18.2 Å². The van der Waals surface area contributed by atoms with E-state index in [0.717, 1.165) is 25.2 Å². The highest BCUT2D eigenvalue weighted by Gasteiger charge is 2.32. The molecule has 2 aromatic rings. The van der Waals surface area contributed by atoms with Crippen molar-refractivity contribution in [2.24, 2.45) is 0 Å². The lowest BCUT2D eigenvalue weighted by molar-refractivity contribution is -0.137. The molecule has 5 nitrogen and oxygen atoms in total. The number of likely N-dealkylation sites (N-methyl/N-ethyl adjacent to an activating group) is 1. The van der Waals surface area contributed by atoms with Crippen molar-refractivity contribution in [3.05, 3.63) is 54.1 Å². The Hall–Kier alpha value is -2.74. The molecule has 27 heavy (non-hydrogen) atoms. The van der Waals surface area contributed by atoms with Gasteiger partial charge in [0.05, 0.1) is 5.56 Å². The number of para-hydroxylation sites is 1. The van der Waals surface area contributed by atoms with Crippen LogP contribution < -0.4 is 15.0 Å². The normalized spacial score (nSPS) is 15.5. The van der Waals surface area contributed by atoms with E-state index in [2.05, 4.69) is 10.2 Å². The van der Waals surface area contributed by atoms with Crippen LogP contribution in [0.5, 0.6) is 5.75 Å². The Bertz CT molecular complexity index is 789. The molecule has 1 saturated heterocycles. The van der Waals surface area contributed by atoms with Crippen LogP contribution in [-0.4, -0.2) is 44.2 Å². The molecule has 1 amide bonds. The van der Waals surface area contributed by atoms with Gasteiger partial charge in [0.1, 0.15) is 5.75 Å². The molecule has 0 saturated carbocycles. The maximum Gasteiger partial charge on any atom is 0.417 e. The zero-order chi connectivity index (χ0) is 19.4. The van der Waals surface area contributed by atoms with Gasteiger partial charge in [0, 0.05) is 37.6 Å². The SMILES string of the molecule is CN1CCN(c2cc(NC(=O)Oc3ccccc3)cc(C(F)(F)F)c2)CC1. The van der Waals surface area contributed by atoms with E-state index in [9.17, 15) is 18.0 Å². The molecule has 0 atom stereocenters. The summed E-state index contributed by atoms with van der Waals surface area (Å²) in [5.41, 5.74) is -0.346. The first-order valence-corrected chi connectivity index (χ1v) is 8.51. The molecule has 2 aromatic carbocycles. The number of anilines is 2. The maximum absolute atomic E-state index is 13.3. The number of hydrogen-bond donors (Lipinski definition) is 1. The number of amides is 1. The van der Waals surface area contributed by atoms with Gasteiger partial charge in [0.15, 0.2) is 0 Å². The smallest absolute Gasteiger partial charge is 0.410 e. The average Bonchev–Trinajstić information content (AvgIpc) is 2.62. The lowest BCUT2D eigenvalue weighted by Crippen LogP contribution is -2.44. The molecule has 1 aliphatic heterocycles. The second-order valence-electron chi connectivity index (χ2n) is 6.38. The highest BCUT2D eigenvalue weighted by molar-refractivity contribution is 5.87. The number of alkyl halides is 3. The second kappa shape index (κ2) is 7.87. The van der Waals surface area contributed by atoms with Crippen molar-refractivity contribution in [3.63, 3.8) is 0 Å². The predicted molar refractivity (Wildman–Crippen MR) is 97.2 cm³/mol. The Morgan fingerprint density at radius 1 is 1.04 bits per heavy atom. The number of nitrogens with one attached hydrogen (secondary N) is 1. The van der Waals surface area contributed by atoms with E-state index in [-0.39, 0.29) is 5.69 Å². The van der Waals surface area contributed by atoms with Crippen LogP contribution in [0.3, 0.4) is 0 Å². The molecule has 0 aromatic heterocycles. The molecule has 8 heteroatoms. The third-order valence-electron chi connectivity index (χ3n) is 4.31. The van der Waals surface area contributed by atoms with Crippen molar-refractivity contribution in [2.75, 3.05) is 43.4 Å². The number of ether oxygens (including phenoxy) is 1. The van der Waals surface area contributed by atoms with Gasteiger partial charge in [-0.15, -0.1) is 0 Å². The number of carbonyl (C=O) groups excluding carboxylic acids is 1. The van der Waals surface area contributed by atoms with Crippen molar-refractivity contribution < 1.29 is 22.7 Å². The van der Waals surface area contributed by atoms with Gasteiger partial charge in [-0.25, -0.2) is 4.79 Å². The molecule has 3 rings (SSSR count). The summed E-state index contributed by atoms with van der Waals surface area (Å²) in [4.78, 5) is 16.0. The van der Waals surface area contributed by atoms with Crippen molar-refractivity contribution in [3.8, 4) is 5.75 Å². The van der Waals surface area contributed by atoms with E-state index in [1.165, 1.54) is 6.07 Å². The minimum Gasteiger partial charge on any atom is -0.410 e. The first-order chi connectivity index (χ1) is 12.8. The molecule has 1 heterocycles. The number of carbonyl (C=O) groups is 1. The van der Waals surface area contributed by atoms with E-state index >= 15 is 0 Å². The van der Waals surface area contributed by atoms with Crippen LogP contribution in [0.2, 0.25) is 0 Å². The van der Waals surface area contributed by atoms with Crippen LogP contribution in [0.15, 0.2) is 48.5 Å². The van der Waals surface area contributed by atoms with E-state index in [0.29, 0.717) is 24.5 Å². The van der Waals surface area contributed by atoms with Crippen molar-refractivity contribution >= 4 is 17.5 Å². The third-order valence-corrected chi connectivity index (χ3v) is 4.31. The largest absolute Gasteiger partial charge is 0.417 e. The van der Waals surface area contributed by atoms with Crippen LogP contribution in [0.4, 0.5) is 29.3 Å². The fourth-order valence-electron chi connectivity index (χ4n) is 2.83. The number of nitrogens with zero attached hydrogens (tertiary/aromatic N) is 2. The zero-order valence-electron chi connectivity index (χ0n) is 14.8. The highest BCUT2D eigenvalue weighted by Crippen LogP contribution is 2.34. The van der Waals surface area contributed by atoms with Gasteiger partial charge >= 0.3 is 12.3 Å². The van der Waals surface area contributed by atoms with E-state index in [1.807, 2.05) is 11.9 Å². The van der Waals surface area contributed by atoms with Crippen LogP contribution in [0.25, 0.3) is 0 Å². The molecular weight excluding hydrogens is 359 g/mol. The molecule has 0 radical (unpaired) electrons. The molecule has 144 valence electrons. The highest BCUT2D eigenvalue weighted by atomic mass is 19.4. The van der Waals surface area contributed by atoms with Gasteiger partial charge < -0.3 is 14.5 Å². The summed E-state index contributed by atoms with van der Waals surface area (Å²) in [6, 6.07) is 11.9. The van der Waals surface area contributed by atoms with Crippen molar-refractivity contribution in [1.82, 2.24) is 4.90 Å². The Balaban J connectivity index is 1.81. The maximum atomic E-state index is 13.3. The molecule has 1 fully saturated rings. The number of rotatable bonds is 3. The summed E-state index contributed by atoms with van der Waals surface area (Å²) in [6.07, 6.45) is -5.35. The Morgan fingerprint density at radius 3 is 2.33 bits per heavy atom.